The fourth-order valence-electron chi connectivity index (χ4n) is 11.1. The first-order chi connectivity index (χ1) is 42.4. The molecule has 78 heavy (non-hydrogen) atoms. The predicted molar refractivity (Wildman–Crippen MR) is 320 cm³/mol. The van der Waals surface area contributed by atoms with Crippen molar-refractivity contribution in [3.05, 3.63) is 261 Å². The minimum atomic E-state index is -0.584. The summed E-state index contributed by atoms with van der Waals surface area (Å²) in [5.74, 6) is 1.80. The highest BCUT2D eigenvalue weighted by Gasteiger charge is 2.22. The quantitative estimate of drug-likeness (QED) is 0.123. The zero-order valence-electron chi connectivity index (χ0n) is 52.5. The van der Waals surface area contributed by atoms with Crippen molar-refractivity contribution in [2.24, 2.45) is 0 Å². The molecule has 0 saturated carbocycles. The van der Waals surface area contributed by atoms with E-state index in [1.165, 1.54) is 0 Å². The van der Waals surface area contributed by atoms with E-state index in [2.05, 4.69) is 90.7 Å². The summed E-state index contributed by atoms with van der Waals surface area (Å²) in [6.45, 7) is 6.56. The van der Waals surface area contributed by atoms with Gasteiger partial charge in [0.2, 0.25) is 0 Å². The van der Waals surface area contributed by atoms with E-state index < -0.39 is 60.4 Å². The Balaban J connectivity index is 1.08. The second kappa shape index (κ2) is 17.8. The summed E-state index contributed by atoms with van der Waals surface area (Å²) in [4.78, 5) is 10.2. The molecule has 0 atom stereocenters. The molecule has 15 aromatic rings. The minimum Gasteiger partial charge on any atom is -0.458 e. The lowest BCUT2D eigenvalue weighted by Gasteiger charge is -2.20. The Hall–Kier alpha value is -10.1. The van der Waals surface area contributed by atoms with Gasteiger partial charge in [-0.1, -0.05) is 178 Å². The lowest BCUT2D eigenvalue weighted by molar-refractivity contribution is -0.570. The van der Waals surface area contributed by atoms with Gasteiger partial charge in [0, 0.05) is 33.9 Å². The van der Waals surface area contributed by atoms with Crippen LogP contribution in [0.15, 0.2) is 249 Å². The van der Waals surface area contributed by atoms with Gasteiger partial charge in [-0.05, 0) is 134 Å². The molecule has 370 valence electrons. The molecule has 5 aromatic heterocycles. The van der Waals surface area contributed by atoms with Gasteiger partial charge in [0.15, 0.2) is 0 Å². The van der Waals surface area contributed by atoms with E-state index >= 15 is 0 Å². The summed E-state index contributed by atoms with van der Waals surface area (Å²) in [6, 6.07) is 54.3. The van der Waals surface area contributed by atoms with Gasteiger partial charge in [0.25, 0.3) is 6.33 Å². The van der Waals surface area contributed by atoms with E-state index in [1.807, 2.05) is 120 Å². The second-order valence-electron chi connectivity index (χ2n) is 20.5. The van der Waals surface area contributed by atoms with Crippen molar-refractivity contribution < 1.29 is 23.0 Å². The number of hydrogen-bond donors (Lipinski definition) is 0. The summed E-state index contributed by atoms with van der Waals surface area (Å²) < 4.78 is 105. The molecule has 0 unspecified atom stereocenters. The Kier molecular flexibility index (Phi) is 8.19. The number of nitrogens with zero attached hydrogens (tertiary/aromatic N) is 6. The standard InChI is InChI=1S/C71H50N6O/c1-71(2,3)52-37-38-72-68(42-52)77-62-29-12-10-25-59(62)60-35-33-55(44-66(60)77)78-54-32-34-56-50-22-15-24-53(40-50)76-63-30-13-11-28-61(63)73-70(76)51-23-14-21-48(39-51)49-31-36-64-67(41-49)74(65(56)43-54)45-75(64)69-57(46-17-6-4-7-18-46)26-16-27-58(69)47-19-8-5-9-20-47/h4-44H,1-3H3/i4D,5D,6D,7D,8D,9D,17D,18D,19D,20D. The van der Waals surface area contributed by atoms with Crippen molar-refractivity contribution in [1.29, 1.82) is 0 Å². The molecule has 0 saturated heterocycles. The summed E-state index contributed by atoms with van der Waals surface area (Å²) in [5, 5.41) is 6.22. The summed E-state index contributed by atoms with van der Waals surface area (Å²) in [5.41, 5.74) is 8.05. The molecule has 5 heterocycles. The zero-order chi connectivity index (χ0) is 60.8. The van der Waals surface area contributed by atoms with Crippen molar-refractivity contribution in [3.8, 4) is 45.3 Å². The topological polar surface area (TPSA) is 52.6 Å². The Labute approximate surface area is 464 Å². The number of aromatic nitrogens is 6. The van der Waals surface area contributed by atoms with Crippen LogP contribution in [0.5, 0.6) is 11.5 Å². The van der Waals surface area contributed by atoms with E-state index in [0.29, 0.717) is 28.0 Å². The van der Waals surface area contributed by atoms with Crippen molar-refractivity contribution in [2.45, 2.75) is 26.2 Å². The number of imidazole rings is 2. The van der Waals surface area contributed by atoms with Crippen LogP contribution >= 0.6 is 0 Å². The van der Waals surface area contributed by atoms with Gasteiger partial charge < -0.3 is 4.74 Å². The molecule has 15 rings (SSSR count). The molecule has 0 radical (unpaired) electrons. The molecule has 0 amide bonds. The third-order valence-corrected chi connectivity index (χ3v) is 14.8. The van der Waals surface area contributed by atoms with Crippen molar-refractivity contribution >= 4 is 87.5 Å². The third kappa shape index (κ3) is 7.46. The number of rotatable bonds is 6. The lowest BCUT2D eigenvalue weighted by atomic mass is 9.88. The van der Waals surface area contributed by atoms with Crippen LogP contribution in [-0.4, -0.2) is 23.3 Å². The summed E-state index contributed by atoms with van der Waals surface area (Å²) in [7, 11) is 0. The van der Waals surface area contributed by atoms with Crippen molar-refractivity contribution in [1.82, 2.24) is 23.3 Å². The molecule has 0 aliphatic rings. The largest absolute Gasteiger partial charge is 0.458 e. The summed E-state index contributed by atoms with van der Waals surface area (Å²) >= 11 is 0. The number of benzene rings is 10. The van der Waals surface area contributed by atoms with Gasteiger partial charge in [-0.2, -0.15) is 0 Å². The van der Waals surface area contributed by atoms with Gasteiger partial charge in [0.1, 0.15) is 23.0 Å². The maximum absolute atomic E-state index is 9.35. The van der Waals surface area contributed by atoms with Gasteiger partial charge in [-0.15, -0.1) is 0 Å². The molecule has 0 N–H and O–H groups in total. The zero-order valence-corrected chi connectivity index (χ0v) is 42.5. The van der Waals surface area contributed by atoms with E-state index in [9.17, 15) is 5.48 Å². The van der Waals surface area contributed by atoms with Gasteiger partial charge in [0.05, 0.1) is 58.0 Å². The van der Waals surface area contributed by atoms with Crippen molar-refractivity contribution in [2.75, 3.05) is 0 Å². The molecular weight excluding hydrogens is 953 g/mol. The maximum Gasteiger partial charge on any atom is 0.269 e. The molecule has 6 bridgehead atoms. The fourth-order valence-corrected chi connectivity index (χ4v) is 11.1. The predicted octanol–water partition coefficient (Wildman–Crippen LogP) is 17.5. The van der Waals surface area contributed by atoms with Crippen LogP contribution < -0.4 is 9.30 Å². The molecule has 0 aliphatic heterocycles. The highest BCUT2D eigenvalue weighted by molar-refractivity contribution is 6.09. The van der Waals surface area contributed by atoms with E-state index in [0.717, 1.165) is 82.3 Å². The first-order valence-corrected chi connectivity index (χ1v) is 25.7. The Morgan fingerprint density at radius 3 is 1.95 bits per heavy atom. The minimum absolute atomic E-state index is 0.128. The molecular formula is C71H50N6O. The van der Waals surface area contributed by atoms with Crippen LogP contribution in [0.1, 0.15) is 40.0 Å². The van der Waals surface area contributed by atoms with E-state index in [1.54, 1.807) is 22.8 Å². The van der Waals surface area contributed by atoms with Gasteiger partial charge >= 0.3 is 0 Å². The molecule has 7 heteroatoms. The molecule has 10 aromatic carbocycles. The molecule has 0 aliphatic carbocycles. The Morgan fingerprint density at radius 1 is 0.513 bits per heavy atom. The molecule has 7 nitrogen and oxygen atoms in total. The monoisotopic (exact) mass is 1010 g/mol. The normalized spacial score (nSPS) is 13.8. The average Bonchev–Trinajstić information content (AvgIpc) is 1.43. The first-order valence-electron chi connectivity index (χ1n) is 30.7. The van der Waals surface area contributed by atoms with Crippen LogP contribution in [0.4, 0.5) is 0 Å². The molecule has 0 fully saturated rings. The first kappa shape index (κ1) is 36.0. The average molecular weight is 1010 g/mol. The fraction of sp³-hybridized carbons (Fsp3) is 0.0563. The lowest BCUT2D eigenvalue weighted by Crippen LogP contribution is -2.31. The Bertz CT molecular complexity index is 5480. The number of hydrogen-bond acceptors (Lipinski definition) is 3. The smallest absolute Gasteiger partial charge is 0.269 e. The van der Waals surface area contributed by atoms with E-state index in [4.69, 9.17) is 22.9 Å². The van der Waals surface area contributed by atoms with Crippen LogP contribution in [0.2, 0.25) is 0 Å². The van der Waals surface area contributed by atoms with Crippen LogP contribution in [-0.2, 0) is 5.41 Å². The number of para-hydroxylation sites is 4. The van der Waals surface area contributed by atoms with Crippen LogP contribution in [0, 0.1) is 6.33 Å². The number of pyridine rings is 1. The third-order valence-electron chi connectivity index (χ3n) is 14.8. The SMILES string of the molecule is [2H]c1c([2H])c([2H])c(-c2cccc(-c3c([2H])c([2H])c([2H])c([2H])c3[2H])c2-[n+]2[c-]n3c4cc(Oc5ccc6c7ccccc7n(-c7cc(C(C)(C)C)ccn7)c6c5)ccc4c4cccc(c4)n4c5ccccc5nc4c4cccc(c4)c4ccc2c3c4)c([2H])c1[2H]. The van der Waals surface area contributed by atoms with Crippen molar-refractivity contribution in [3.63, 3.8) is 0 Å². The highest BCUT2D eigenvalue weighted by atomic mass is 16.5. The van der Waals surface area contributed by atoms with Gasteiger partial charge in [-0.3, -0.25) is 17.9 Å². The Morgan fingerprint density at radius 2 is 1.17 bits per heavy atom. The van der Waals surface area contributed by atoms with Crippen LogP contribution in [0.3, 0.4) is 0 Å². The number of fused-ring (bicyclic) bond motifs is 17. The summed E-state index contributed by atoms with van der Waals surface area (Å²) in [6.07, 6.45) is 5.54. The van der Waals surface area contributed by atoms with Gasteiger partial charge in [-0.25, -0.2) is 9.97 Å². The van der Waals surface area contributed by atoms with Crippen LogP contribution in [0.25, 0.3) is 121 Å². The maximum atomic E-state index is 9.35. The highest BCUT2D eigenvalue weighted by Crippen LogP contribution is 2.39. The molecule has 0 spiro atoms. The number of ether oxygens (including phenoxy) is 1. The second-order valence-corrected chi connectivity index (χ2v) is 20.5. The van der Waals surface area contributed by atoms with E-state index in [-0.39, 0.29) is 33.4 Å².